The number of halogens is 1. The molecule has 5 heterocycles. The zero-order chi connectivity index (χ0) is 38.6. The number of benzene rings is 2. The van der Waals surface area contributed by atoms with Crippen LogP contribution in [-0.2, 0) is 56.3 Å². The third-order valence-corrected chi connectivity index (χ3v) is 10.4. The maximum absolute atomic E-state index is 13.7. The predicted octanol–water partition coefficient (Wildman–Crippen LogP) is 1.53. The number of carbonyl (C=O) groups excluding carboxylic acids is 3. The number of carbonyl (C=O) groups is 3. The average molecular weight is 756 g/mol. The summed E-state index contributed by atoms with van der Waals surface area (Å²) in [5.74, 6) is -0.131. The molecule has 16 nitrogen and oxygen atoms in total. The highest BCUT2D eigenvalue weighted by Crippen LogP contribution is 2.29. The zero-order valence-electron chi connectivity index (χ0n) is 30.9. The van der Waals surface area contributed by atoms with Crippen LogP contribution >= 0.6 is 11.6 Å². The third kappa shape index (κ3) is 6.55. The van der Waals surface area contributed by atoms with Crippen molar-refractivity contribution in [1.29, 1.82) is 0 Å². The van der Waals surface area contributed by atoms with Gasteiger partial charge in [-0.25, -0.2) is 9.78 Å². The lowest BCUT2D eigenvalue weighted by molar-refractivity contribution is -0.132. The fourth-order valence-corrected chi connectivity index (χ4v) is 7.66. The zero-order valence-corrected chi connectivity index (χ0v) is 31.6. The number of hydrogen-bond donors (Lipinski definition) is 1. The van der Waals surface area contributed by atoms with Crippen molar-refractivity contribution in [2.75, 3.05) is 43.2 Å². The second kappa shape index (κ2) is 14.2. The Bertz CT molecular complexity index is 2440. The van der Waals surface area contributed by atoms with E-state index in [1.807, 2.05) is 49.1 Å². The molecule has 7 rings (SSSR count). The van der Waals surface area contributed by atoms with Gasteiger partial charge < -0.3 is 29.9 Å². The fraction of sp³-hybridized carbons (Fsp3) is 0.378. The molecule has 3 amide bonds. The van der Waals surface area contributed by atoms with E-state index in [0.717, 1.165) is 38.1 Å². The van der Waals surface area contributed by atoms with E-state index in [-0.39, 0.29) is 53.8 Å². The summed E-state index contributed by atoms with van der Waals surface area (Å²) in [6.45, 7) is 5.94. The molecule has 3 aromatic heterocycles. The minimum absolute atomic E-state index is 0.0470. The molecular weight excluding hydrogens is 714 g/mol. The normalized spacial score (nSPS) is 14.1. The van der Waals surface area contributed by atoms with Gasteiger partial charge in [-0.2, -0.15) is 4.98 Å². The highest BCUT2D eigenvalue weighted by molar-refractivity contribution is 6.29. The minimum Gasteiger partial charge on any atom is -0.336 e. The van der Waals surface area contributed by atoms with E-state index in [0.29, 0.717) is 50.8 Å². The van der Waals surface area contributed by atoms with Crippen LogP contribution in [0.5, 0.6) is 0 Å². The number of aryl methyl sites for hydroxylation is 3. The van der Waals surface area contributed by atoms with Crippen molar-refractivity contribution in [3.05, 3.63) is 102 Å². The molecule has 2 aliphatic heterocycles. The molecule has 0 fully saturated rings. The van der Waals surface area contributed by atoms with Gasteiger partial charge in [0.25, 0.3) is 11.5 Å². The molecular formula is C37H42ClN11O5. The van der Waals surface area contributed by atoms with Crippen LogP contribution in [0.3, 0.4) is 0 Å². The number of imidazole rings is 2. The number of amides is 3. The van der Waals surface area contributed by atoms with Gasteiger partial charge >= 0.3 is 5.69 Å². The maximum Gasteiger partial charge on any atom is 0.332 e. The molecule has 0 radical (unpaired) electrons. The average Bonchev–Trinajstić information content (AvgIpc) is 3.71. The van der Waals surface area contributed by atoms with Gasteiger partial charge in [0.2, 0.25) is 17.1 Å². The van der Waals surface area contributed by atoms with Crippen LogP contribution in [-0.4, -0.2) is 89.1 Å². The molecule has 2 aliphatic rings. The molecule has 0 aliphatic carbocycles. The van der Waals surface area contributed by atoms with Gasteiger partial charge in [0, 0.05) is 59.6 Å². The Morgan fingerprint density at radius 3 is 2.43 bits per heavy atom. The number of nitrogens with two attached hydrogens (primary N) is 1. The van der Waals surface area contributed by atoms with E-state index < -0.39 is 11.2 Å². The van der Waals surface area contributed by atoms with Crippen molar-refractivity contribution in [1.82, 2.24) is 38.0 Å². The Balaban J connectivity index is 1.06. The Morgan fingerprint density at radius 1 is 0.963 bits per heavy atom. The highest BCUT2D eigenvalue weighted by atomic mass is 35.5. The molecule has 0 saturated carbocycles. The lowest BCUT2D eigenvalue weighted by Gasteiger charge is -2.34. The smallest absolute Gasteiger partial charge is 0.332 e. The first-order valence-electron chi connectivity index (χ1n) is 17.6. The molecule has 0 bridgehead atoms. The molecule has 5 aromatic rings. The quantitative estimate of drug-likeness (QED) is 0.219. The fourth-order valence-electron chi connectivity index (χ4n) is 7.44. The first-order valence-corrected chi connectivity index (χ1v) is 18.0. The molecule has 2 aromatic carbocycles. The first kappa shape index (κ1) is 36.6. The van der Waals surface area contributed by atoms with E-state index in [1.54, 1.807) is 32.6 Å². The summed E-state index contributed by atoms with van der Waals surface area (Å²) in [5.41, 5.74) is 11.3. The number of rotatable bonds is 9. The van der Waals surface area contributed by atoms with E-state index in [1.165, 1.54) is 23.2 Å². The van der Waals surface area contributed by atoms with Crippen molar-refractivity contribution in [2.45, 2.75) is 46.4 Å². The number of aromatic nitrogens is 6. The van der Waals surface area contributed by atoms with Crippen LogP contribution in [0.1, 0.15) is 38.3 Å². The minimum atomic E-state index is -0.573. The molecule has 0 spiro atoms. The molecule has 54 heavy (non-hydrogen) atoms. The van der Waals surface area contributed by atoms with Crippen LogP contribution in [0, 0.1) is 13.8 Å². The summed E-state index contributed by atoms with van der Waals surface area (Å²) >= 11 is 6.37. The van der Waals surface area contributed by atoms with E-state index >= 15 is 0 Å². The van der Waals surface area contributed by atoms with Crippen LogP contribution in [0.4, 0.5) is 11.5 Å². The summed E-state index contributed by atoms with van der Waals surface area (Å²) in [7, 11) is 4.60. The van der Waals surface area contributed by atoms with Crippen LogP contribution in [0.2, 0.25) is 5.28 Å². The van der Waals surface area contributed by atoms with Crippen molar-refractivity contribution in [2.24, 2.45) is 19.8 Å². The van der Waals surface area contributed by atoms with Gasteiger partial charge in [-0.15, -0.1) is 0 Å². The lowest BCUT2D eigenvalue weighted by atomic mass is 9.97. The summed E-state index contributed by atoms with van der Waals surface area (Å²) in [6, 6.07) is 12.1. The topological polar surface area (TPSA) is 170 Å². The second-order valence-corrected chi connectivity index (χ2v) is 14.4. The van der Waals surface area contributed by atoms with Crippen LogP contribution < -0.4 is 26.8 Å². The first-order chi connectivity index (χ1) is 25.7. The van der Waals surface area contributed by atoms with E-state index in [2.05, 4.69) is 16.0 Å². The lowest BCUT2D eigenvalue weighted by Crippen LogP contribution is -2.45. The standard InChI is InChI=1S/C37H42ClN11O5/c1-22-12-23(2)14-27(13-22)48(11-9-39)29(51)18-46-20-40-32-30(46)34(52)42(3)21-47(32)16-24-6-7-26-17-45(10-8-25(26)15-24)28(50)19-49-31-33(41-36(49)38)43(4)37(54)44(5)35(31)53/h6-7,12-15,20H,8-11,16-19,21,39H2,1-5H3. The monoisotopic (exact) mass is 755 g/mol. The largest absolute Gasteiger partial charge is 0.336 e. The SMILES string of the molecule is Cc1cc(C)cc(N(CCN)C(=O)Cn2cnc3c2C(=O)N(C)CN3Cc2ccc3c(c2)CCN(C(=O)Cn2c(Cl)nc4c2c(=O)n(C)c(=O)n4C)C3)c1. The molecule has 0 saturated heterocycles. The maximum atomic E-state index is 13.7. The number of hydrogen-bond acceptors (Lipinski definition) is 9. The van der Waals surface area contributed by atoms with E-state index in [4.69, 9.17) is 17.3 Å². The van der Waals surface area contributed by atoms with Gasteiger partial charge in [0.1, 0.15) is 13.1 Å². The van der Waals surface area contributed by atoms with Crippen LogP contribution in [0.15, 0.2) is 52.3 Å². The van der Waals surface area contributed by atoms with Crippen molar-refractivity contribution in [3.63, 3.8) is 0 Å². The number of nitrogens with zero attached hydrogens (tertiary/aromatic N) is 10. The van der Waals surface area contributed by atoms with E-state index in [9.17, 15) is 24.0 Å². The second-order valence-electron chi connectivity index (χ2n) is 14.1. The van der Waals surface area contributed by atoms with Gasteiger partial charge in [0.15, 0.2) is 22.7 Å². The Morgan fingerprint density at radius 2 is 1.70 bits per heavy atom. The summed E-state index contributed by atoms with van der Waals surface area (Å²) in [5, 5.41) is -0.0470. The van der Waals surface area contributed by atoms with Gasteiger partial charge in [0.05, 0.1) is 13.0 Å². The van der Waals surface area contributed by atoms with Crippen LogP contribution in [0.25, 0.3) is 11.2 Å². The summed E-state index contributed by atoms with van der Waals surface area (Å²) < 4.78 is 5.17. The Labute approximate surface area is 315 Å². The molecule has 282 valence electrons. The number of fused-ring (bicyclic) bond motifs is 3. The summed E-state index contributed by atoms with van der Waals surface area (Å²) in [6.07, 6.45) is 2.16. The molecule has 0 atom stereocenters. The number of anilines is 2. The van der Waals surface area contributed by atoms with Crippen molar-refractivity contribution >= 4 is 52.0 Å². The molecule has 17 heteroatoms. The highest BCUT2D eigenvalue weighted by Gasteiger charge is 2.33. The third-order valence-electron chi connectivity index (χ3n) is 10.1. The molecule has 2 N–H and O–H groups in total. The molecule has 0 unspecified atom stereocenters. The Hall–Kier alpha value is -5.74. The van der Waals surface area contributed by atoms with Gasteiger partial charge in [-0.3, -0.25) is 32.9 Å². The van der Waals surface area contributed by atoms with Gasteiger partial charge in [-0.1, -0.05) is 24.3 Å². The summed E-state index contributed by atoms with van der Waals surface area (Å²) in [4.78, 5) is 81.8. The van der Waals surface area contributed by atoms with Gasteiger partial charge in [-0.05, 0) is 71.8 Å². The van der Waals surface area contributed by atoms with Crippen molar-refractivity contribution < 1.29 is 14.4 Å². The van der Waals surface area contributed by atoms with Crippen molar-refractivity contribution in [3.8, 4) is 0 Å². The predicted molar refractivity (Wildman–Crippen MR) is 203 cm³/mol. The Kier molecular flexibility index (Phi) is 9.66.